The van der Waals surface area contributed by atoms with Crippen LogP contribution in [0, 0.1) is 0 Å². The zero-order chi connectivity index (χ0) is 24.4. The van der Waals surface area contributed by atoms with E-state index in [1.165, 1.54) is 19.8 Å². The molecule has 2 aromatic carbocycles. The average Bonchev–Trinajstić information content (AvgIpc) is 2.85. The van der Waals surface area contributed by atoms with E-state index in [4.69, 9.17) is 9.47 Å². The maximum Gasteiger partial charge on any atom is 0.254 e. The first-order chi connectivity index (χ1) is 16.3. The number of fused-ring (bicyclic) bond motifs is 1. The molecule has 3 aromatic rings. The zero-order valence-electron chi connectivity index (χ0n) is 20.0. The van der Waals surface area contributed by atoms with Crippen LogP contribution in [-0.4, -0.2) is 43.0 Å². The third kappa shape index (κ3) is 4.21. The highest BCUT2D eigenvalue weighted by Gasteiger charge is 2.43. The van der Waals surface area contributed by atoms with Crippen molar-refractivity contribution in [3.8, 4) is 11.5 Å². The van der Waals surface area contributed by atoms with Crippen LogP contribution in [0.5, 0.6) is 11.5 Å². The Hall–Kier alpha value is -3.87. The molecule has 7 nitrogen and oxygen atoms in total. The number of anilines is 1. The topological polar surface area (TPSA) is 80.8 Å². The van der Waals surface area contributed by atoms with Gasteiger partial charge in [0.25, 0.3) is 5.91 Å². The minimum absolute atomic E-state index is 0.199. The van der Waals surface area contributed by atoms with Gasteiger partial charge in [0.05, 0.1) is 26.2 Å². The molecule has 0 fully saturated rings. The van der Waals surface area contributed by atoms with E-state index in [-0.39, 0.29) is 11.8 Å². The largest absolute Gasteiger partial charge is 0.493 e. The summed E-state index contributed by atoms with van der Waals surface area (Å²) in [5, 5.41) is 3.05. The molecule has 2 heterocycles. The summed E-state index contributed by atoms with van der Waals surface area (Å²) in [4.78, 5) is 33.0. The van der Waals surface area contributed by atoms with Crippen molar-refractivity contribution in [1.29, 1.82) is 0 Å². The summed E-state index contributed by atoms with van der Waals surface area (Å²) in [7, 11) is 4.76. The second-order valence-corrected chi connectivity index (χ2v) is 8.69. The number of ether oxygens (including phenoxy) is 2. The lowest BCUT2D eigenvalue weighted by atomic mass is 9.79. The van der Waals surface area contributed by atoms with Crippen LogP contribution in [0.3, 0.4) is 0 Å². The molecule has 0 saturated carbocycles. The van der Waals surface area contributed by atoms with Crippen LogP contribution in [0.2, 0.25) is 0 Å². The highest BCUT2D eigenvalue weighted by molar-refractivity contribution is 6.04. The Morgan fingerprint density at radius 1 is 1.06 bits per heavy atom. The van der Waals surface area contributed by atoms with Gasteiger partial charge in [0, 0.05) is 30.7 Å². The molecule has 0 spiro atoms. The van der Waals surface area contributed by atoms with Gasteiger partial charge in [-0.1, -0.05) is 32.0 Å². The second-order valence-electron chi connectivity index (χ2n) is 8.69. The van der Waals surface area contributed by atoms with E-state index in [0.29, 0.717) is 34.2 Å². The molecule has 2 amide bonds. The molecule has 1 aliphatic heterocycles. The summed E-state index contributed by atoms with van der Waals surface area (Å²) < 4.78 is 10.9. The summed E-state index contributed by atoms with van der Waals surface area (Å²) in [5.41, 5.74) is 3.66. The predicted octanol–water partition coefficient (Wildman–Crippen LogP) is 4.77. The van der Waals surface area contributed by atoms with Crippen LogP contribution in [0.15, 0.2) is 60.9 Å². The molecule has 176 valence electrons. The van der Waals surface area contributed by atoms with Crippen molar-refractivity contribution < 1.29 is 19.1 Å². The number of hydrogen-bond acceptors (Lipinski definition) is 5. The number of nitrogens with one attached hydrogen (secondary N) is 1. The Morgan fingerprint density at radius 3 is 2.32 bits per heavy atom. The van der Waals surface area contributed by atoms with E-state index >= 15 is 0 Å². The third-order valence-corrected chi connectivity index (χ3v) is 6.33. The number of carbonyl (C=O) groups excluding carboxylic acids is 2. The van der Waals surface area contributed by atoms with Crippen molar-refractivity contribution in [3.05, 3.63) is 83.2 Å². The van der Waals surface area contributed by atoms with Gasteiger partial charge in [-0.2, -0.15) is 0 Å². The standard InChI is InChI=1S/C27H29N3O4/c1-16(2)17-8-10-19(11-9-17)29-26(31)24-20-13-22(33-4)23(34-5)14-21(20)27(32)30(3)25(24)18-7-6-12-28-15-18/h6-16,24-25H,1-5H3,(H,29,31)/t24-,25+/m1/s1. The van der Waals surface area contributed by atoms with Gasteiger partial charge in [-0.15, -0.1) is 0 Å². The number of carbonyl (C=O) groups is 2. The first-order valence-corrected chi connectivity index (χ1v) is 11.2. The lowest BCUT2D eigenvalue weighted by molar-refractivity contribution is -0.119. The van der Waals surface area contributed by atoms with Gasteiger partial charge in [0.2, 0.25) is 5.91 Å². The summed E-state index contributed by atoms with van der Waals surface area (Å²) in [6, 6.07) is 14.3. The first kappa shape index (κ1) is 23.3. The molecule has 4 rings (SSSR count). The number of hydrogen-bond donors (Lipinski definition) is 1. The van der Waals surface area contributed by atoms with Gasteiger partial charge >= 0.3 is 0 Å². The molecule has 0 aliphatic carbocycles. The quantitative estimate of drug-likeness (QED) is 0.574. The molecular weight excluding hydrogens is 430 g/mol. The SMILES string of the molecule is COc1cc2c(cc1OC)[C@@H](C(=O)Nc1ccc(C(C)C)cc1)[C@H](c1cccnc1)N(C)C2=O. The fourth-order valence-corrected chi connectivity index (χ4v) is 4.47. The number of methoxy groups -OCH3 is 2. The third-order valence-electron chi connectivity index (χ3n) is 6.33. The smallest absolute Gasteiger partial charge is 0.254 e. The van der Waals surface area contributed by atoms with Crippen LogP contribution in [-0.2, 0) is 4.79 Å². The van der Waals surface area contributed by atoms with Gasteiger partial charge in [0.1, 0.15) is 0 Å². The van der Waals surface area contributed by atoms with E-state index < -0.39 is 12.0 Å². The second kappa shape index (κ2) is 9.55. The van der Waals surface area contributed by atoms with E-state index in [1.54, 1.807) is 42.5 Å². The molecule has 2 atom stereocenters. The number of nitrogens with zero attached hydrogens (tertiary/aromatic N) is 2. The van der Waals surface area contributed by atoms with E-state index in [2.05, 4.69) is 24.1 Å². The summed E-state index contributed by atoms with van der Waals surface area (Å²) in [5.74, 6) is 0.182. The molecule has 0 bridgehead atoms. The summed E-state index contributed by atoms with van der Waals surface area (Å²) >= 11 is 0. The highest BCUT2D eigenvalue weighted by Crippen LogP contribution is 2.45. The van der Waals surface area contributed by atoms with Crippen LogP contribution >= 0.6 is 0 Å². The van der Waals surface area contributed by atoms with E-state index in [9.17, 15) is 9.59 Å². The van der Waals surface area contributed by atoms with E-state index in [1.807, 2.05) is 30.3 Å². The van der Waals surface area contributed by atoms with E-state index in [0.717, 1.165) is 5.56 Å². The van der Waals surface area contributed by atoms with Crippen LogP contribution < -0.4 is 14.8 Å². The van der Waals surface area contributed by atoms with Gasteiger partial charge in [0.15, 0.2) is 11.5 Å². The fraction of sp³-hybridized carbons (Fsp3) is 0.296. The van der Waals surface area contributed by atoms with Gasteiger partial charge in [-0.3, -0.25) is 14.6 Å². The number of amides is 2. The normalized spacial score (nSPS) is 17.4. The number of aromatic nitrogens is 1. The Morgan fingerprint density at radius 2 is 1.74 bits per heavy atom. The van der Waals surface area contributed by atoms with Crippen molar-refractivity contribution in [2.45, 2.75) is 31.7 Å². The number of likely N-dealkylation sites (N-methyl/N-ethyl adjacent to an activating group) is 1. The molecule has 1 N–H and O–H groups in total. The Kier molecular flexibility index (Phi) is 6.54. The molecule has 7 heteroatoms. The van der Waals surface area contributed by atoms with Crippen LogP contribution in [0.1, 0.15) is 58.8 Å². The number of benzene rings is 2. The minimum atomic E-state index is -0.688. The van der Waals surface area contributed by atoms with Gasteiger partial charge < -0.3 is 19.7 Å². The Bertz CT molecular complexity index is 1190. The lowest BCUT2D eigenvalue weighted by Gasteiger charge is -2.39. The van der Waals surface area contributed by atoms with Crippen molar-refractivity contribution in [2.24, 2.45) is 0 Å². The van der Waals surface area contributed by atoms with Crippen LogP contribution in [0.4, 0.5) is 5.69 Å². The predicted molar refractivity (Wildman–Crippen MR) is 131 cm³/mol. The summed E-state index contributed by atoms with van der Waals surface area (Å²) in [6.07, 6.45) is 3.36. The fourth-order valence-electron chi connectivity index (χ4n) is 4.47. The van der Waals surface area contributed by atoms with Crippen molar-refractivity contribution in [2.75, 3.05) is 26.6 Å². The molecule has 1 aromatic heterocycles. The summed E-state index contributed by atoms with van der Waals surface area (Å²) in [6.45, 7) is 4.25. The highest BCUT2D eigenvalue weighted by atomic mass is 16.5. The molecule has 34 heavy (non-hydrogen) atoms. The minimum Gasteiger partial charge on any atom is -0.493 e. The first-order valence-electron chi connectivity index (χ1n) is 11.2. The molecular formula is C27H29N3O4. The zero-order valence-corrected chi connectivity index (χ0v) is 20.0. The molecule has 0 radical (unpaired) electrons. The van der Waals surface area contributed by atoms with Crippen molar-refractivity contribution in [3.63, 3.8) is 0 Å². The molecule has 1 aliphatic rings. The van der Waals surface area contributed by atoms with Gasteiger partial charge in [-0.25, -0.2) is 0 Å². The lowest BCUT2D eigenvalue weighted by Crippen LogP contribution is -2.44. The number of pyridine rings is 1. The average molecular weight is 460 g/mol. The number of rotatable bonds is 6. The Balaban J connectivity index is 1.82. The van der Waals surface area contributed by atoms with Crippen molar-refractivity contribution in [1.82, 2.24) is 9.88 Å². The Labute approximate surface area is 199 Å². The maximum absolute atomic E-state index is 13.8. The molecule has 0 unspecified atom stereocenters. The van der Waals surface area contributed by atoms with Crippen molar-refractivity contribution >= 4 is 17.5 Å². The van der Waals surface area contributed by atoms with Crippen LogP contribution in [0.25, 0.3) is 0 Å². The molecule has 0 saturated heterocycles. The maximum atomic E-state index is 13.8. The van der Waals surface area contributed by atoms with Gasteiger partial charge in [-0.05, 0) is 52.9 Å². The monoisotopic (exact) mass is 459 g/mol.